The van der Waals surface area contributed by atoms with Crippen molar-refractivity contribution in [2.45, 2.75) is 24.9 Å². The van der Waals surface area contributed by atoms with Crippen LogP contribution in [0.25, 0.3) is 11.3 Å². The summed E-state index contributed by atoms with van der Waals surface area (Å²) in [5.41, 5.74) is 2.02. The quantitative estimate of drug-likeness (QED) is 0.471. The summed E-state index contributed by atoms with van der Waals surface area (Å²) in [6.07, 6.45) is 1.62. The number of nitriles is 1. The minimum absolute atomic E-state index is 0.0795. The molecule has 0 saturated heterocycles. The fraction of sp³-hybridized carbons (Fsp3) is 0.250. The molecule has 0 radical (unpaired) electrons. The van der Waals surface area contributed by atoms with Gasteiger partial charge < -0.3 is 4.74 Å². The molecular weight excluding hydrogens is 390 g/mol. The topological polar surface area (TPSA) is 105 Å². The number of hydrogen-bond acceptors (Lipinski definition) is 7. The molecule has 0 bridgehead atoms. The Kier molecular flexibility index (Phi) is 6.46. The largest absolute Gasteiger partial charge is 0.497 e. The average molecular weight is 410 g/mol. The summed E-state index contributed by atoms with van der Waals surface area (Å²) in [6.45, 7) is 3.91. The van der Waals surface area contributed by atoms with Crippen LogP contribution in [0.15, 0.2) is 52.1 Å². The van der Waals surface area contributed by atoms with Gasteiger partial charge in [-0.1, -0.05) is 11.8 Å². The Morgan fingerprint density at radius 3 is 2.69 bits per heavy atom. The highest BCUT2D eigenvalue weighted by molar-refractivity contribution is 8.00. The van der Waals surface area contributed by atoms with E-state index in [0.717, 1.165) is 11.3 Å². The first-order valence-electron chi connectivity index (χ1n) is 8.86. The second-order valence-electron chi connectivity index (χ2n) is 6.37. The Hall–Kier alpha value is -3.38. The zero-order valence-electron chi connectivity index (χ0n) is 16.2. The second kappa shape index (κ2) is 9.21. The Bertz CT molecular complexity index is 1040. The standard InChI is InChI=1S/C20H19N5O3S/c1-13(2)25-11-19(28-24-25)23-18(26)12-29-20-15(10-21)6-9-17(22-20)14-4-7-16(27-3)8-5-14/h4-9,11,13H,12H2,1-3H3/p+1. The van der Waals surface area contributed by atoms with E-state index >= 15 is 0 Å². The summed E-state index contributed by atoms with van der Waals surface area (Å²) in [4.78, 5) is 16.8. The van der Waals surface area contributed by atoms with Gasteiger partial charge in [0.25, 0.3) is 6.20 Å². The molecule has 29 heavy (non-hydrogen) atoms. The second-order valence-corrected chi connectivity index (χ2v) is 7.33. The summed E-state index contributed by atoms with van der Waals surface area (Å²) in [5, 5.41) is 16.3. The number of nitrogens with one attached hydrogen (secondary N) is 1. The molecular formula is C20H20N5O3S+. The van der Waals surface area contributed by atoms with Crippen molar-refractivity contribution < 1.29 is 18.7 Å². The lowest BCUT2D eigenvalue weighted by Gasteiger charge is -2.07. The number of nitrogens with zero attached hydrogens (tertiary/aromatic N) is 4. The summed E-state index contributed by atoms with van der Waals surface area (Å²) < 4.78 is 11.9. The van der Waals surface area contributed by atoms with Gasteiger partial charge in [-0.2, -0.15) is 5.26 Å². The van der Waals surface area contributed by atoms with Crippen molar-refractivity contribution in [3.05, 3.63) is 48.2 Å². The van der Waals surface area contributed by atoms with Gasteiger partial charge in [0.1, 0.15) is 16.8 Å². The van der Waals surface area contributed by atoms with E-state index in [2.05, 4.69) is 21.6 Å². The molecule has 3 aromatic rings. The highest BCUT2D eigenvalue weighted by Crippen LogP contribution is 2.26. The first kappa shape index (κ1) is 20.4. The molecule has 0 fully saturated rings. The Balaban J connectivity index is 1.70. The van der Waals surface area contributed by atoms with Crippen LogP contribution in [-0.2, 0) is 4.79 Å². The first-order chi connectivity index (χ1) is 14.0. The smallest absolute Gasteiger partial charge is 0.302 e. The maximum Gasteiger partial charge on any atom is 0.302 e. The van der Waals surface area contributed by atoms with Crippen molar-refractivity contribution in [2.24, 2.45) is 0 Å². The fourth-order valence-electron chi connectivity index (χ4n) is 2.42. The summed E-state index contributed by atoms with van der Waals surface area (Å²) in [7, 11) is 1.61. The number of ether oxygens (including phenoxy) is 1. The Labute approximate surface area is 172 Å². The van der Waals surface area contributed by atoms with Crippen molar-refractivity contribution in [1.82, 2.24) is 10.3 Å². The fourth-order valence-corrected chi connectivity index (χ4v) is 3.19. The minimum Gasteiger partial charge on any atom is -0.497 e. The van der Waals surface area contributed by atoms with Crippen LogP contribution >= 0.6 is 11.8 Å². The minimum atomic E-state index is -0.275. The van der Waals surface area contributed by atoms with Crippen molar-refractivity contribution in [3.63, 3.8) is 0 Å². The Morgan fingerprint density at radius 2 is 2.07 bits per heavy atom. The number of anilines is 1. The van der Waals surface area contributed by atoms with Crippen molar-refractivity contribution >= 4 is 23.6 Å². The molecule has 0 spiro atoms. The molecule has 0 saturated carbocycles. The molecule has 1 aromatic carbocycles. The van der Waals surface area contributed by atoms with Crippen LogP contribution in [-0.4, -0.2) is 29.0 Å². The van der Waals surface area contributed by atoms with Crippen LogP contribution in [0, 0.1) is 11.3 Å². The summed E-state index contributed by atoms with van der Waals surface area (Å²) in [5.74, 6) is 0.822. The zero-order valence-corrected chi connectivity index (χ0v) is 17.1. The number of carbonyl (C=O) groups is 1. The SMILES string of the molecule is COc1ccc(-c2ccc(C#N)c(SCC(=O)Nc3c[n+](C(C)C)no3)n2)cc1. The number of amides is 1. The number of hydrogen-bond donors (Lipinski definition) is 1. The van der Waals surface area contributed by atoms with Gasteiger partial charge in [-0.25, -0.2) is 4.98 Å². The number of aromatic nitrogens is 3. The van der Waals surface area contributed by atoms with Crippen molar-refractivity contribution in [3.8, 4) is 23.1 Å². The summed E-state index contributed by atoms with van der Waals surface area (Å²) >= 11 is 1.19. The van der Waals surface area contributed by atoms with E-state index in [0.29, 0.717) is 16.3 Å². The van der Waals surface area contributed by atoms with E-state index in [9.17, 15) is 10.1 Å². The molecule has 0 aliphatic heterocycles. The van der Waals surface area contributed by atoms with Gasteiger partial charge in [-0.15, -0.1) is 0 Å². The van der Waals surface area contributed by atoms with Crippen molar-refractivity contribution in [1.29, 1.82) is 5.26 Å². The molecule has 148 valence electrons. The number of benzene rings is 1. The van der Waals surface area contributed by atoms with E-state index < -0.39 is 0 Å². The Morgan fingerprint density at radius 1 is 1.31 bits per heavy atom. The van der Waals surface area contributed by atoms with Crippen LogP contribution in [0.4, 0.5) is 5.88 Å². The van der Waals surface area contributed by atoms with Gasteiger partial charge >= 0.3 is 5.88 Å². The average Bonchev–Trinajstić information content (AvgIpc) is 3.21. The third-order valence-electron chi connectivity index (χ3n) is 3.98. The zero-order chi connectivity index (χ0) is 20.8. The van der Waals surface area contributed by atoms with Gasteiger partial charge in [-0.3, -0.25) is 14.6 Å². The number of pyridine rings is 1. The maximum absolute atomic E-state index is 12.2. The highest BCUT2D eigenvalue weighted by Gasteiger charge is 2.17. The van der Waals surface area contributed by atoms with Gasteiger partial charge in [-0.05, 0) is 54.9 Å². The number of carbonyl (C=O) groups excluding carboxylic acids is 1. The molecule has 9 heteroatoms. The first-order valence-corrected chi connectivity index (χ1v) is 9.85. The number of methoxy groups -OCH3 is 1. The molecule has 0 atom stereocenters. The van der Waals surface area contributed by atoms with E-state index in [1.807, 2.05) is 38.1 Å². The van der Waals surface area contributed by atoms with Gasteiger partial charge in [0, 0.05) is 5.56 Å². The van der Waals surface area contributed by atoms with E-state index in [4.69, 9.17) is 9.26 Å². The predicted molar refractivity (Wildman–Crippen MR) is 107 cm³/mol. The molecule has 3 rings (SSSR count). The lowest BCUT2D eigenvalue weighted by Crippen LogP contribution is -2.36. The molecule has 2 aromatic heterocycles. The van der Waals surface area contributed by atoms with Gasteiger partial charge in [0.05, 0.1) is 24.1 Å². The van der Waals surface area contributed by atoms with Crippen LogP contribution < -0.4 is 14.7 Å². The monoisotopic (exact) mass is 410 g/mol. The number of thioether (sulfide) groups is 1. The predicted octanol–water partition coefficient (Wildman–Crippen LogP) is 3.22. The molecule has 0 aliphatic carbocycles. The van der Waals surface area contributed by atoms with E-state index in [1.165, 1.54) is 11.8 Å². The molecule has 8 nitrogen and oxygen atoms in total. The van der Waals surface area contributed by atoms with Crippen molar-refractivity contribution in [2.75, 3.05) is 18.2 Å². The molecule has 0 aliphatic rings. The van der Waals surface area contributed by atoms with Crippen LogP contribution in [0.5, 0.6) is 5.75 Å². The number of rotatable bonds is 7. The van der Waals surface area contributed by atoms with Crippen LogP contribution in [0.1, 0.15) is 25.5 Å². The molecule has 1 amide bonds. The van der Waals surface area contributed by atoms with Crippen LogP contribution in [0.3, 0.4) is 0 Å². The summed E-state index contributed by atoms with van der Waals surface area (Å²) in [6, 6.07) is 13.2. The lowest BCUT2D eigenvalue weighted by atomic mass is 10.1. The maximum atomic E-state index is 12.2. The van der Waals surface area contributed by atoms with Gasteiger partial charge in [0.2, 0.25) is 11.2 Å². The van der Waals surface area contributed by atoms with E-state index in [-0.39, 0.29) is 23.6 Å². The molecule has 1 N–H and O–H groups in total. The van der Waals surface area contributed by atoms with Crippen LogP contribution in [0.2, 0.25) is 0 Å². The lowest BCUT2D eigenvalue weighted by molar-refractivity contribution is -0.779. The van der Waals surface area contributed by atoms with Gasteiger partial charge in [0.15, 0.2) is 6.04 Å². The highest BCUT2D eigenvalue weighted by atomic mass is 32.2. The third-order valence-corrected chi connectivity index (χ3v) is 4.97. The molecule has 0 unspecified atom stereocenters. The normalized spacial score (nSPS) is 10.6. The third kappa shape index (κ3) is 5.12. The van der Waals surface area contributed by atoms with E-state index in [1.54, 1.807) is 30.1 Å². The molecule has 2 heterocycles.